The van der Waals surface area contributed by atoms with Crippen molar-refractivity contribution in [2.24, 2.45) is 0 Å². The number of aromatic amines is 2. The van der Waals surface area contributed by atoms with Gasteiger partial charge in [0, 0.05) is 34.7 Å². The van der Waals surface area contributed by atoms with Gasteiger partial charge in [-0.25, -0.2) is 0 Å². The molecular weight excluding hydrogens is 432 g/mol. The molecule has 2 fully saturated rings. The minimum Gasteiger partial charge on any atom is -0.354 e. The van der Waals surface area contributed by atoms with Gasteiger partial charge in [0.25, 0.3) is 0 Å². The average molecular weight is 471 g/mol. The van der Waals surface area contributed by atoms with Gasteiger partial charge in [-0.3, -0.25) is 10.1 Å². The van der Waals surface area contributed by atoms with Gasteiger partial charge < -0.3 is 14.8 Å². The smallest absolute Gasteiger partial charge is 0.108 e. The van der Waals surface area contributed by atoms with Gasteiger partial charge in [-0.15, -0.1) is 0 Å². The fraction of sp³-hybridized carbons (Fsp3) is 0.517. The van der Waals surface area contributed by atoms with Crippen LogP contribution in [0.5, 0.6) is 0 Å². The number of nitrogens with zero attached hydrogens (tertiary/aromatic N) is 4. The lowest BCUT2D eigenvalue weighted by atomic mass is 9.87. The van der Waals surface area contributed by atoms with Crippen molar-refractivity contribution < 1.29 is 0 Å². The van der Waals surface area contributed by atoms with Crippen molar-refractivity contribution in [3.05, 3.63) is 47.8 Å². The molecule has 2 saturated heterocycles. The van der Waals surface area contributed by atoms with Crippen molar-refractivity contribution in [1.29, 1.82) is 0 Å². The predicted molar refractivity (Wildman–Crippen MR) is 144 cm³/mol. The summed E-state index contributed by atoms with van der Waals surface area (Å²) in [6, 6.07) is 10.7. The molecule has 35 heavy (non-hydrogen) atoms. The molecule has 2 aliphatic heterocycles. The van der Waals surface area contributed by atoms with Gasteiger partial charge in [-0.1, -0.05) is 13.0 Å². The van der Waals surface area contributed by atoms with Crippen molar-refractivity contribution in [2.45, 2.75) is 70.9 Å². The van der Waals surface area contributed by atoms with Crippen molar-refractivity contribution in [3.63, 3.8) is 0 Å². The van der Waals surface area contributed by atoms with Crippen molar-refractivity contribution in [1.82, 2.24) is 30.0 Å². The van der Waals surface area contributed by atoms with Gasteiger partial charge in [0.1, 0.15) is 5.52 Å². The molecule has 0 amide bonds. The van der Waals surface area contributed by atoms with Crippen LogP contribution in [0, 0.1) is 0 Å². The molecule has 0 saturated carbocycles. The number of H-pyrrole nitrogens is 2. The van der Waals surface area contributed by atoms with E-state index in [1.807, 2.05) is 6.20 Å². The first-order valence-corrected chi connectivity index (χ1v) is 13.5. The molecule has 6 rings (SSSR count). The van der Waals surface area contributed by atoms with E-state index in [1.54, 1.807) is 6.20 Å². The highest BCUT2D eigenvalue weighted by atomic mass is 15.2. The fourth-order valence-electron chi connectivity index (χ4n) is 6.47. The highest BCUT2D eigenvalue weighted by Gasteiger charge is 2.29. The maximum Gasteiger partial charge on any atom is 0.108 e. The first-order valence-electron chi connectivity index (χ1n) is 13.5. The van der Waals surface area contributed by atoms with Crippen molar-refractivity contribution in [2.75, 3.05) is 26.2 Å². The number of benzene rings is 1. The summed E-state index contributed by atoms with van der Waals surface area (Å²) in [7, 11) is 0. The molecule has 1 aromatic carbocycles. The minimum absolute atomic E-state index is 0.664. The SMILES string of the molecule is CCc1c(-c2cnc3cn[nH]c3c2)[nH]c2ccc(C3CCN(C4CCN(C(C)C)CC4)CC3)cc12. The highest BCUT2D eigenvalue weighted by Crippen LogP contribution is 2.36. The van der Waals surface area contributed by atoms with E-state index < -0.39 is 0 Å². The van der Waals surface area contributed by atoms with Crippen LogP contribution in [0.2, 0.25) is 0 Å². The van der Waals surface area contributed by atoms with Gasteiger partial charge in [-0.05, 0) is 107 Å². The highest BCUT2D eigenvalue weighted by molar-refractivity contribution is 5.92. The quantitative estimate of drug-likeness (QED) is 0.391. The molecule has 5 heterocycles. The first-order chi connectivity index (χ1) is 17.1. The van der Waals surface area contributed by atoms with Gasteiger partial charge in [0.05, 0.1) is 17.4 Å². The summed E-state index contributed by atoms with van der Waals surface area (Å²) in [6.45, 7) is 11.9. The van der Waals surface area contributed by atoms with Gasteiger partial charge in [0.2, 0.25) is 0 Å². The second-order valence-corrected chi connectivity index (χ2v) is 10.8. The largest absolute Gasteiger partial charge is 0.354 e. The summed E-state index contributed by atoms with van der Waals surface area (Å²) < 4.78 is 0. The van der Waals surface area contributed by atoms with Crippen LogP contribution in [-0.2, 0) is 6.42 Å². The summed E-state index contributed by atoms with van der Waals surface area (Å²) in [4.78, 5) is 13.7. The van der Waals surface area contributed by atoms with Crippen LogP contribution in [0.15, 0.2) is 36.7 Å². The Balaban J connectivity index is 1.19. The number of likely N-dealkylation sites (tertiary alicyclic amines) is 2. The summed E-state index contributed by atoms with van der Waals surface area (Å²) in [5, 5.41) is 8.55. The maximum absolute atomic E-state index is 4.59. The molecule has 0 radical (unpaired) electrons. The standard InChI is InChI=1S/C29H38N6/c1-4-24-25-15-21(20-7-11-35(12-8-20)23-9-13-34(14-10-23)19(2)3)5-6-26(25)32-29(24)22-16-27-28(30-17-22)18-31-33-27/h5-6,15-20,23,32H,4,7-14H2,1-3H3,(H,31,33). The number of rotatable bonds is 5. The van der Waals surface area contributed by atoms with Crippen molar-refractivity contribution in [3.8, 4) is 11.3 Å². The second kappa shape index (κ2) is 9.40. The van der Waals surface area contributed by atoms with E-state index in [0.717, 1.165) is 29.1 Å². The second-order valence-electron chi connectivity index (χ2n) is 10.8. The van der Waals surface area contributed by atoms with Crippen LogP contribution in [0.1, 0.15) is 63.5 Å². The monoisotopic (exact) mass is 470 g/mol. The van der Waals surface area contributed by atoms with Gasteiger partial charge in [-0.2, -0.15) is 5.10 Å². The lowest BCUT2D eigenvalue weighted by Crippen LogP contribution is -2.48. The molecule has 3 aromatic heterocycles. The average Bonchev–Trinajstić information content (AvgIpc) is 3.52. The number of piperidine rings is 2. The zero-order valence-corrected chi connectivity index (χ0v) is 21.3. The number of hydrogen-bond donors (Lipinski definition) is 2. The molecule has 0 aliphatic carbocycles. The molecule has 6 nitrogen and oxygen atoms in total. The zero-order valence-electron chi connectivity index (χ0n) is 21.3. The molecular formula is C29H38N6. The lowest BCUT2D eigenvalue weighted by Gasteiger charge is -2.43. The number of hydrogen-bond acceptors (Lipinski definition) is 4. The number of aromatic nitrogens is 4. The summed E-state index contributed by atoms with van der Waals surface area (Å²) in [5.74, 6) is 0.664. The Kier molecular flexibility index (Phi) is 6.11. The third kappa shape index (κ3) is 4.27. The van der Waals surface area contributed by atoms with Crippen LogP contribution in [0.3, 0.4) is 0 Å². The fourth-order valence-corrected chi connectivity index (χ4v) is 6.47. The van der Waals surface area contributed by atoms with E-state index >= 15 is 0 Å². The van der Waals surface area contributed by atoms with Gasteiger partial charge in [0.15, 0.2) is 0 Å². The Hall–Kier alpha value is -2.70. The minimum atomic E-state index is 0.664. The van der Waals surface area contributed by atoms with E-state index in [-0.39, 0.29) is 0 Å². The van der Waals surface area contributed by atoms with Crippen LogP contribution < -0.4 is 0 Å². The molecule has 0 bridgehead atoms. The zero-order chi connectivity index (χ0) is 23.9. The molecule has 2 aliphatic rings. The molecule has 6 heteroatoms. The van der Waals surface area contributed by atoms with Crippen LogP contribution in [0.25, 0.3) is 33.2 Å². The number of nitrogens with one attached hydrogen (secondary N) is 2. The predicted octanol–water partition coefficient (Wildman–Crippen LogP) is 5.72. The number of aryl methyl sites for hydroxylation is 1. The summed E-state index contributed by atoms with van der Waals surface area (Å²) in [5.41, 5.74) is 8.30. The number of pyridine rings is 1. The third-order valence-electron chi connectivity index (χ3n) is 8.61. The summed E-state index contributed by atoms with van der Waals surface area (Å²) >= 11 is 0. The van der Waals surface area contributed by atoms with Crippen LogP contribution in [0.4, 0.5) is 0 Å². The molecule has 184 valence electrons. The van der Waals surface area contributed by atoms with E-state index in [2.05, 4.69) is 75.0 Å². The van der Waals surface area contributed by atoms with E-state index in [9.17, 15) is 0 Å². The van der Waals surface area contributed by atoms with Gasteiger partial charge >= 0.3 is 0 Å². The Morgan fingerprint density at radius 1 is 0.971 bits per heavy atom. The van der Waals surface area contributed by atoms with Crippen LogP contribution in [-0.4, -0.2) is 68.2 Å². The topological polar surface area (TPSA) is 63.8 Å². The van der Waals surface area contributed by atoms with Crippen LogP contribution >= 0.6 is 0 Å². The Morgan fingerprint density at radius 3 is 2.51 bits per heavy atom. The van der Waals surface area contributed by atoms with E-state index in [0.29, 0.717) is 12.0 Å². The molecule has 0 unspecified atom stereocenters. The molecule has 2 N–H and O–H groups in total. The Labute approximate surface area is 208 Å². The first kappa shape index (κ1) is 22.7. The molecule has 0 atom stereocenters. The lowest BCUT2D eigenvalue weighted by molar-refractivity contribution is 0.0753. The normalized spacial score (nSPS) is 19.4. The molecule has 0 spiro atoms. The summed E-state index contributed by atoms with van der Waals surface area (Å²) in [6.07, 6.45) is 9.94. The third-order valence-corrected chi connectivity index (χ3v) is 8.61. The maximum atomic E-state index is 4.59. The van der Waals surface area contributed by atoms with E-state index in [1.165, 1.54) is 79.6 Å². The van der Waals surface area contributed by atoms with E-state index in [4.69, 9.17) is 0 Å². The number of fused-ring (bicyclic) bond motifs is 2. The Morgan fingerprint density at radius 2 is 1.77 bits per heavy atom. The molecule has 4 aromatic rings. The van der Waals surface area contributed by atoms with Crippen molar-refractivity contribution >= 4 is 21.9 Å². The Bertz CT molecular complexity index is 1300.